The first-order valence-electron chi connectivity index (χ1n) is 11.1. The van der Waals surface area contributed by atoms with Gasteiger partial charge < -0.3 is 9.64 Å². The summed E-state index contributed by atoms with van der Waals surface area (Å²) in [5.74, 6) is 0.246. The van der Waals surface area contributed by atoms with Gasteiger partial charge >= 0.3 is 0 Å². The summed E-state index contributed by atoms with van der Waals surface area (Å²) in [5.41, 5.74) is 4.67. The number of anilines is 1. The molecule has 1 aromatic carbocycles. The van der Waals surface area contributed by atoms with Crippen molar-refractivity contribution >= 4 is 5.69 Å². The average Bonchev–Trinajstić information content (AvgIpc) is 2.80. The highest BCUT2D eigenvalue weighted by Gasteiger charge is 2.21. The lowest BCUT2D eigenvalue weighted by atomic mass is 9.95. The van der Waals surface area contributed by atoms with Gasteiger partial charge in [0.05, 0.1) is 11.4 Å². The van der Waals surface area contributed by atoms with Crippen molar-refractivity contribution < 1.29 is 13.5 Å². The van der Waals surface area contributed by atoms with Crippen molar-refractivity contribution in [3.63, 3.8) is 0 Å². The SMILES string of the molecule is CC1=CC(OCc2ccc(F)cc2F)=C(C)CN1c1ccnc(-c2ccnc(C(C)(C)C)n2)c1. The van der Waals surface area contributed by atoms with E-state index in [1.165, 1.54) is 12.1 Å². The molecular formula is C27H28F2N4O. The first-order valence-corrected chi connectivity index (χ1v) is 11.1. The van der Waals surface area contributed by atoms with E-state index in [1.807, 2.05) is 38.1 Å². The fourth-order valence-electron chi connectivity index (χ4n) is 3.67. The zero-order valence-electron chi connectivity index (χ0n) is 20.1. The van der Waals surface area contributed by atoms with Crippen LogP contribution in [0.15, 0.2) is 71.9 Å². The van der Waals surface area contributed by atoms with E-state index in [2.05, 4.69) is 35.6 Å². The van der Waals surface area contributed by atoms with Crippen LogP contribution in [0, 0.1) is 11.6 Å². The minimum atomic E-state index is -0.611. The molecular weight excluding hydrogens is 434 g/mol. The van der Waals surface area contributed by atoms with Crippen LogP contribution in [0.3, 0.4) is 0 Å². The molecule has 1 aliphatic heterocycles. The minimum Gasteiger partial charge on any atom is -0.489 e. The Kier molecular flexibility index (Phi) is 6.46. The van der Waals surface area contributed by atoms with Gasteiger partial charge in [-0.05, 0) is 55.8 Å². The van der Waals surface area contributed by atoms with E-state index < -0.39 is 11.6 Å². The van der Waals surface area contributed by atoms with Crippen LogP contribution in [0.2, 0.25) is 0 Å². The summed E-state index contributed by atoms with van der Waals surface area (Å²) < 4.78 is 33.0. The Balaban J connectivity index is 1.53. The van der Waals surface area contributed by atoms with Gasteiger partial charge in [0, 0.05) is 47.4 Å². The number of hydrogen-bond acceptors (Lipinski definition) is 5. The van der Waals surface area contributed by atoms with Gasteiger partial charge in [0.25, 0.3) is 0 Å². The third-order valence-corrected chi connectivity index (χ3v) is 5.62. The molecule has 0 fully saturated rings. The van der Waals surface area contributed by atoms with Gasteiger partial charge in [0.15, 0.2) is 0 Å². The Morgan fingerprint density at radius 2 is 1.74 bits per heavy atom. The van der Waals surface area contributed by atoms with Crippen LogP contribution in [0.4, 0.5) is 14.5 Å². The molecule has 176 valence electrons. The Hall–Kier alpha value is -3.61. The number of nitrogens with zero attached hydrogens (tertiary/aromatic N) is 4. The monoisotopic (exact) mass is 462 g/mol. The minimum absolute atomic E-state index is 0.0335. The zero-order valence-corrected chi connectivity index (χ0v) is 20.1. The Bertz CT molecular complexity index is 1280. The Morgan fingerprint density at radius 3 is 2.47 bits per heavy atom. The van der Waals surface area contributed by atoms with E-state index in [1.54, 1.807) is 12.4 Å². The second kappa shape index (κ2) is 9.33. The molecule has 0 amide bonds. The van der Waals surface area contributed by atoms with Crippen molar-refractivity contribution in [1.29, 1.82) is 0 Å². The molecule has 0 saturated carbocycles. The molecule has 0 N–H and O–H groups in total. The summed E-state index contributed by atoms with van der Waals surface area (Å²) in [6, 6.07) is 9.34. The summed E-state index contributed by atoms with van der Waals surface area (Å²) >= 11 is 0. The van der Waals surface area contributed by atoms with Crippen molar-refractivity contribution in [2.24, 2.45) is 0 Å². The van der Waals surface area contributed by atoms with E-state index in [-0.39, 0.29) is 12.0 Å². The highest BCUT2D eigenvalue weighted by atomic mass is 19.1. The van der Waals surface area contributed by atoms with E-state index in [9.17, 15) is 8.78 Å². The summed E-state index contributed by atoms with van der Waals surface area (Å²) in [4.78, 5) is 15.8. The molecule has 0 saturated heterocycles. The molecule has 3 heterocycles. The maximum absolute atomic E-state index is 14.0. The standard InChI is InChI=1S/C27H28F2N4O/c1-17-15-33(18(2)12-25(17)34-16-19-6-7-20(28)13-22(19)29)21-8-10-30-24(14-21)23-9-11-31-26(32-23)27(3,4)5/h6-14H,15-16H2,1-5H3. The van der Waals surface area contributed by atoms with Crippen LogP contribution < -0.4 is 4.90 Å². The van der Waals surface area contributed by atoms with Crippen molar-refractivity contribution in [2.75, 3.05) is 11.4 Å². The van der Waals surface area contributed by atoms with Crippen LogP contribution in [0.25, 0.3) is 11.4 Å². The summed E-state index contributed by atoms with van der Waals surface area (Å²) in [7, 11) is 0. The molecule has 3 aromatic rings. The molecule has 34 heavy (non-hydrogen) atoms. The highest BCUT2D eigenvalue weighted by Crippen LogP contribution is 2.30. The van der Waals surface area contributed by atoms with Crippen LogP contribution in [-0.4, -0.2) is 21.5 Å². The fourth-order valence-corrected chi connectivity index (χ4v) is 3.67. The van der Waals surface area contributed by atoms with Crippen LogP contribution in [0.1, 0.15) is 46.0 Å². The number of allylic oxidation sites excluding steroid dienone is 2. The van der Waals surface area contributed by atoms with Crippen molar-refractivity contribution in [3.8, 4) is 11.4 Å². The molecule has 5 nitrogen and oxygen atoms in total. The van der Waals surface area contributed by atoms with E-state index >= 15 is 0 Å². The first-order chi connectivity index (χ1) is 16.1. The number of rotatable bonds is 5. The van der Waals surface area contributed by atoms with Crippen molar-refractivity contribution in [1.82, 2.24) is 15.0 Å². The predicted molar refractivity (Wildman–Crippen MR) is 129 cm³/mol. The normalized spacial score (nSPS) is 14.3. The fraction of sp³-hybridized carbons (Fsp3) is 0.296. The maximum atomic E-state index is 14.0. The summed E-state index contributed by atoms with van der Waals surface area (Å²) in [6.07, 6.45) is 5.48. The second-order valence-electron chi connectivity index (χ2n) is 9.46. The van der Waals surface area contributed by atoms with Gasteiger partial charge in [0.2, 0.25) is 0 Å². The van der Waals surface area contributed by atoms with E-state index in [0.717, 1.165) is 40.2 Å². The highest BCUT2D eigenvalue weighted by molar-refractivity contribution is 5.64. The second-order valence-corrected chi connectivity index (χ2v) is 9.46. The lowest BCUT2D eigenvalue weighted by Gasteiger charge is -2.31. The smallest absolute Gasteiger partial charge is 0.134 e. The quantitative estimate of drug-likeness (QED) is 0.444. The Labute approximate surface area is 198 Å². The van der Waals surface area contributed by atoms with Crippen molar-refractivity contribution in [2.45, 2.75) is 46.6 Å². The number of benzene rings is 1. The number of ether oxygens (including phenoxy) is 1. The number of halogens is 2. The third-order valence-electron chi connectivity index (χ3n) is 5.62. The van der Waals surface area contributed by atoms with Crippen LogP contribution in [0.5, 0.6) is 0 Å². The lowest BCUT2D eigenvalue weighted by Crippen LogP contribution is -2.27. The molecule has 2 aromatic heterocycles. The Morgan fingerprint density at radius 1 is 0.971 bits per heavy atom. The molecule has 0 aliphatic carbocycles. The van der Waals surface area contributed by atoms with E-state index in [0.29, 0.717) is 17.9 Å². The van der Waals surface area contributed by atoms with Gasteiger partial charge in [0.1, 0.15) is 29.8 Å². The van der Waals surface area contributed by atoms with Crippen molar-refractivity contribution in [3.05, 3.63) is 94.9 Å². The number of aromatic nitrogens is 3. The van der Waals surface area contributed by atoms with Gasteiger partial charge in [-0.25, -0.2) is 18.7 Å². The maximum Gasteiger partial charge on any atom is 0.134 e. The molecule has 0 spiro atoms. The summed E-state index contributed by atoms with van der Waals surface area (Å²) in [6.45, 7) is 10.9. The lowest BCUT2D eigenvalue weighted by molar-refractivity contribution is 0.202. The first kappa shape index (κ1) is 23.5. The van der Waals surface area contributed by atoms with Gasteiger partial charge in [-0.3, -0.25) is 4.98 Å². The number of hydrogen-bond donors (Lipinski definition) is 0. The van der Waals surface area contributed by atoms with Gasteiger partial charge in [-0.1, -0.05) is 20.8 Å². The molecule has 4 rings (SSSR count). The van der Waals surface area contributed by atoms with Crippen LogP contribution >= 0.6 is 0 Å². The third kappa shape index (κ3) is 5.14. The zero-order chi connectivity index (χ0) is 24.5. The molecule has 0 unspecified atom stereocenters. The molecule has 0 atom stereocenters. The van der Waals surface area contributed by atoms with Gasteiger partial charge in [-0.15, -0.1) is 0 Å². The van der Waals surface area contributed by atoms with E-state index in [4.69, 9.17) is 9.72 Å². The summed E-state index contributed by atoms with van der Waals surface area (Å²) in [5, 5.41) is 0. The van der Waals surface area contributed by atoms with Gasteiger partial charge in [-0.2, -0.15) is 0 Å². The molecule has 0 radical (unpaired) electrons. The molecule has 7 heteroatoms. The number of pyridine rings is 1. The topological polar surface area (TPSA) is 51.1 Å². The van der Waals surface area contributed by atoms with Crippen LogP contribution in [-0.2, 0) is 16.8 Å². The molecule has 0 bridgehead atoms. The predicted octanol–water partition coefficient (Wildman–Crippen LogP) is 6.33. The largest absolute Gasteiger partial charge is 0.489 e. The molecule has 1 aliphatic rings. The average molecular weight is 463 g/mol.